The maximum absolute atomic E-state index is 16.0. The summed E-state index contributed by atoms with van der Waals surface area (Å²) >= 11 is 0. The minimum Gasteiger partial charge on any atom is -0.507 e. The van der Waals surface area contributed by atoms with Crippen LogP contribution in [0.4, 0.5) is 26.4 Å². The summed E-state index contributed by atoms with van der Waals surface area (Å²) in [7, 11) is 0. The van der Waals surface area contributed by atoms with Crippen LogP contribution >= 0.6 is 0 Å². The van der Waals surface area contributed by atoms with E-state index in [4.69, 9.17) is 10.5 Å². The van der Waals surface area contributed by atoms with E-state index in [1.165, 1.54) is 4.90 Å². The topological polar surface area (TPSA) is 175 Å². The molecule has 5 aromatic rings. The van der Waals surface area contributed by atoms with E-state index in [9.17, 15) is 19.5 Å². The second kappa shape index (κ2) is 16.7. The number of nitrogen functional groups attached to an aromatic ring is 1. The Kier molecular flexibility index (Phi) is 11.0. The molecule has 9 rings (SSSR count). The molecule has 318 valence electrons. The molecule has 0 saturated carbocycles. The third-order valence-corrected chi connectivity index (χ3v) is 12.8. The molecule has 4 saturated heterocycles. The number of anilines is 3. The van der Waals surface area contributed by atoms with Gasteiger partial charge in [-0.15, -0.1) is 10.2 Å². The number of morpholine rings is 1. The summed E-state index contributed by atoms with van der Waals surface area (Å²) in [6, 6.07) is 17.6. The van der Waals surface area contributed by atoms with E-state index in [-0.39, 0.29) is 48.7 Å². The fraction of sp³-hybridized carbons (Fsp3) is 0.422. The number of hydrogen-bond acceptors (Lipinski definition) is 11. The Morgan fingerprint density at radius 2 is 1.79 bits per heavy atom. The molecule has 4 fully saturated rings. The third kappa shape index (κ3) is 8.09. The number of pyridine rings is 1. The van der Waals surface area contributed by atoms with Gasteiger partial charge in [0.25, 0.3) is 5.91 Å². The number of rotatable bonds is 8. The van der Waals surface area contributed by atoms with E-state index in [2.05, 4.69) is 37.2 Å². The molecule has 0 radical (unpaired) electrons. The number of aryl methyl sites for hydroxylation is 1. The molecule has 4 aliphatic rings. The largest absolute Gasteiger partial charge is 0.507 e. The minimum atomic E-state index is -1.08. The molecule has 61 heavy (non-hydrogen) atoms. The summed E-state index contributed by atoms with van der Waals surface area (Å²) in [5.74, 6) is 0.505. The van der Waals surface area contributed by atoms with Crippen LogP contribution in [0.2, 0.25) is 0 Å². The predicted octanol–water partition coefficient (Wildman–Crippen LogP) is 5.64. The summed E-state index contributed by atoms with van der Waals surface area (Å²) in [5.41, 5.74) is 12.0. The first-order chi connectivity index (χ1) is 29.5. The number of imide groups is 1. The molecule has 7 heterocycles. The van der Waals surface area contributed by atoms with Crippen molar-refractivity contribution in [3.8, 4) is 17.0 Å². The molecular weight excluding hydrogens is 780 g/mol. The highest BCUT2D eigenvalue weighted by Crippen LogP contribution is 2.37. The van der Waals surface area contributed by atoms with Crippen LogP contribution in [0.15, 0.2) is 73.1 Å². The zero-order valence-corrected chi connectivity index (χ0v) is 34.4. The number of para-hydroxylation sites is 1. The van der Waals surface area contributed by atoms with E-state index >= 15 is 4.39 Å². The van der Waals surface area contributed by atoms with Crippen LogP contribution in [0.5, 0.6) is 5.75 Å². The average molecular weight is 831 g/mol. The van der Waals surface area contributed by atoms with Crippen LogP contribution in [0, 0.1) is 12.8 Å². The molecule has 16 heteroatoms. The lowest BCUT2D eigenvalue weighted by Crippen LogP contribution is -2.49. The quantitative estimate of drug-likeness (QED) is 0.177. The normalized spacial score (nSPS) is 23.1. The van der Waals surface area contributed by atoms with Gasteiger partial charge in [-0.2, -0.15) is 0 Å². The fourth-order valence-electron chi connectivity index (χ4n) is 9.37. The number of nitrogens with two attached hydrogens (primary N) is 1. The number of carbonyl (C=O) groups is 3. The number of aromatic hydroxyl groups is 1. The van der Waals surface area contributed by atoms with Crippen LogP contribution < -0.4 is 20.9 Å². The van der Waals surface area contributed by atoms with Gasteiger partial charge in [0.15, 0.2) is 5.82 Å². The molecule has 0 bridgehead atoms. The molecule has 3 aromatic heterocycles. The number of ether oxygens (including phenoxy) is 1. The zero-order valence-electron chi connectivity index (χ0n) is 34.4. The van der Waals surface area contributed by atoms with E-state index in [0.717, 1.165) is 48.1 Å². The van der Waals surface area contributed by atoms with E-state index in [0.29, 0.717) is 79.1 Å². The van der Waals surface area contributed by atoms with Crippen molar-refractivity contribution in [1.29, 1.82) is 0 Å². The summed E-state index contributed by atoms with van der Waals surface area (Å²) in [5, 5.41) is 22.1. The molecule has 2 aromatic carbocycles. The van der Waals surface area contributed by atoms with Crippen LogP contribution in [-0.2, 0) is 9.53 Å². The number of benzene rings is 2. The van der Waals surface area contributed by atoms with Crippen LogP contribution in [0.3, 0.4) is 0 Å². The van der Waals surface area contributed by atoms with Gasteiger partial charge >= 0.3 is 6.03 Å². The molecule has 0 aliphatic carbocycles. The van der Waals surface area contributed by atoms with Gasteiger partial charge in [-0.1, -0.05) is 24.3 Å². The molecule has 0 spiro atoms. The van der Waals surface area contributed by atoms with Crippen molar-refractivity contribution >= 4 is 46.1 Å². The number of piperidine rings is 2. The minimum absolute atomic E-state index is 0.00560. The van der Waals surface area contributed by atoms with Crippen molar-refractivity contribution in [3.63, 3.8) is 0 Å². The first kappa shape index (κ1) is 40.3. The number of carbonyl (C=O) groups excluding carboxylic acids is 3. The Hall–Kier alpha value is -6.13. The maximum Gasteiger partial charge on any atom is 0.328 e. The third-order valence-electron chi connectivity index (χ3n) is 12.8. The number of nitrogens with zero attached hydrogens (tertiary/aromatic N) is 8. The summed E-state index contributed by atoms with van der Waals surface area (Å²) in [6.07, 6.45) is 4.85. The molecule has 4 N–H and O–H groups in total. The molecule has 4 atom stereocenters. The Balaban J connectivity index is 0.772. The Labute approximate surface area is 353 Å². The van der Waals surface area contributed by atoms with Crippen molar-refractivity contribution in [2.45, 2.75) is 63.9 Å². The maximum atomic E-state index is 16.0. The number of likely N-dealkylation sites (tertiary alicyclic amines) is 2. The van der Waals surface area contributed by atoms with Gasteiger partial charge in [0.05, 0.1) is 35.9 Å². The number of fused-ring (bicyclic) bond motifs is 1. The van der Waals surface area contributed by atoms with Gasteiger partial charge < -0.3 is 34.8 Å². The average Bonchev–Trinajstić information content (AvgIpc) is 3.59. The lowest BCUT2D eigenvalue weighted by atomic mass is 9.93. The number of hydrogen-bond donors (Lipinski definition) is 3. The highest BCUT2D eigenvalue weighted by Gasteiger charge is 2.35. The van der Waals surface area contributed by atoms with Crippen LogP contribution in [0.25, 0.3) is 22.3 Å². The molecule has 4 amide bonds. The van der Waals surface area contributed by atoms with Crippen molar-refractivity contribution in [2.24, 2.45) is 5.92 Å². The number of halogens is 1. The molecule has 15 nitrogen and oxygen atoms in total. The smallest absolute Gasteiger partial charge is 0.328 e. The Morgan fingerprint density at radius 3 is 2.54 bits per heavy atom. The highest BCUT2D eigenvalue weighted by atomic mass is 19.1. The first-order valence-electron chi connectivity index (χ1n) is 21.1. The standard InChI is InChI=1S/C45H51FN10O5/c1-27-22-56(43-34(27)19-32(21-48-43)54-18-14-41(58)49-45(54)60)37-13-15-52(24-35(37)46)23-29-11-16-53(17-12-29)44(59)31-9-7-30(8-10-31)40-25-55(28(2)26-61-40)38-20-36(50-51-42(38)47)33-5-3-4-6-39(33)57/h3-10,19-22,28-29,35,37,40,57H,11-18,23-26H2,1-2H3,(H2,47,51)(H,49,58,60)/t28-,35-,37-,40+/m1/s1. The summed E-state index contributed by atoms with van der Waals surface area (Å²) in [6.45, 7) is 8.52. The molecular formula is C45H51FN10O5. The Bertz CT molecular complexity index is 2450. The second-order valence-corrected chi connectivity index (χ2v) is 16.9. The van der Waals surface area contributed by atoms with Crippen molar-refractivity contribution in [3.05, 3.63) is 89.7 Å². The van der Waals surface area contributed by atoms with Crippen LogP contribution in [0.1, 0.15) is 66.2 Å². The number of nitrogens with one attached hydrogen (secondary N) is 1. The number of amides is 4. The van der Waals surface area contributed by atoms with Gasteiger partial charge in [-0.3, -0.25) is 19.8 Å². The van der Waals surface area contributed by atoms with Gasteiger partial charge in [0.2, 0.25) is 5.91 Å². The number of phenols is 1. The monoisotopic (exact) mass is 830 g/mol. The summed E-state index contributed by atoms with van der Waals surface area (Å²) in [4.78, 5) is 50.2. The van der Waals surface area contributed by atoms with Gasteiger partial charge in [-0.25, -0.2) is 14.2 Å². The highest BCUT2D eigenvalue weighted by molar-refractivity contribution is 6.06. The number of aromatic nitrogens is 4. The van der Waals surface area contributed by atoms with Crippen molar-refractivity contribution in [1.82, 2.24) is 34.9 Å². The molecule has 0 unspecified atom stereocenters. The lowest BCUT2D eigenvalue weighted by Gasteiger charge is -2.40. The van der Waals surface area contributed by atoms with Crippen molar-refractivity contribution < 1.29 is 28.6 Å². The zero-order chi connectivity index (χ0) is 42.4. The Morgan fingerprint density at radius 1 is 1.00 bits per heavy atom. The van der Waals surface area contributed by atoms with Crippen molar-refractivity contribution in [2.75, 3.05) is 68.0 Å². The van der Waals surface area contributed by atoms with Gasteiger partial charge in [0, 0.05) is 81.0 Å². The van der Waals surface area contributed by atoms with E-state index < -0.39 is 12.2 Å². The second-order valence-electron chi connectivity index (χ2n) is 16.9. The lowest BCUT2D eigenvalue weighted by molar-refractivity contribution is -0.120. The summed E-state index contributed by atoms with van der Waals surface area (Å²) < 4.78 is 24.2. The number of phenolic OH excluding ortho intramolecular Hbond substituents is 1. The first-order valence-corrected chi connectivity index (χ1v) is 21.1. The molecule has 4 aliphatic heterocycles. The van der Waals surface area contributed by atoms with Gasteiger partial charge in [-0.05, 0) is 86.6 Å². The fourth-order valence-corrected chi connectivity index (χ4v) is 9.37. The number of urea groups is 1. The number of alkyl halides is 1. The van der Waals surface area contributed by atoms with E-state index in [1.54, 1.807) is 24.4 Å². The SMILES string of the molecule is Cc1cn([C@@H]2CCN(CC3CCN(C(=O)c4ccc([C@@H]5CN(c6cc(-c7ccccc7O)nnc6N)[C@H](C)CO5)cc4)CC3)C[C@H]2F)c2ncc(N3CCC(=O)NC3=O)cc12. The van der Waals surface area contributed by atoms with Crippen LogP contribution in [-0.4, -0.2) is 117 Å². The van der Waals surface area contributed by atoms with E-state index in [1.807, 2.05) is 65.1 Å². The predicted molar refractivity (Wildman–Crippen MR) is 229 cm³/mol. The van der Waals surface area contributed by atoms with Gasteiger partial charge in [0.1, 0.15) is 23.7 Å².